The van der Waals surface area contributed by atoms with E-state index in [4.69, 9.17) is 4.74 Å². The molecule has 1 N–H and O–H groups in total. The summed E-state index contributed by atoms with van der Waals surface area (Å²) in [6.07, 6.45) is -2.02. The average Bonchev–Trinajstić information content (AvgIpc) is 2.36. The van der Waals surface area contributed by atoms with E-state index in [0.717, 1.165) is 6.07 Å². The number of hydrogen-bond donors (Lipinski definition) is 1. The SMILES string of the molecule is CC(C)Oc1cncc(-c2cc(C(F)(F)F)[nH]c(=O)n2)c1. The van der Waals surface area contributed by atoms with Gasteiger partial charge in [-0.25, -0.2) is 4.79 Å². The standard InChI is InChI=1S/C13H12F3N3O2/c1-7(2)21-9-3-8(5-17-6-9)10-4-11(13(14,15)16)19-12(20)18-10/h3-7H,1-2H3,(H,18,19,20). The number of pyridine rings is 1. The van der Waals surface area contributed by atoms with Gasteiger partial charge in [0.1, 0.15) is 11.4 Å². The van der Waals surface area contributed by atoms with Gasteiger partial charge in [0.15, 0.2) is 0 Å². The third kappa shape index (κ3) is 3.80. The van der Waals surface area contributed by atoms with Crippen molar-refractivity contribution in [2.45, 2.75) is 26.1 Å². The number of rotatable bonds is 3. The van der Waals surface area contributed by atoms with Gasteiger partial charge in [0.25, 0.3) is 0 Å². The van der Waals surface area contributed by atoms with Crippen LogP contribution in [0.4, 0.5) is 13.2 Å². The van der Waals surface area contributed by atoms with E-state index in [1.165, 1.54) is 18.5 Å². The van der Waals surface area contributed by atoms with Gasteiger partial charge in [0, 0.05) is 11.8 Å². The van der Waals surface area contributed by atoms with Crippen molar-refractivity contribution in [3.05, 3.63) is 40.7 Å². The van der Waals surface area contributed by atoms with Crippen LogP contribution in [0.2, 0.25) is 0 Å². The summed E-state index contributed by atoms with van der Waals surface area (Å²) in [5.74, 6) is 0.387. The van der Waals surface area contributed by atoms with Crippen molar-refractivity contribution in [3.63, 3.8) is 0 Å². The summed E-state index contributed by atoms with van der Waals surface area (Å²) in [6, 6.07) is 2.24. The summed E-state index contributed by atoms with van der Waals surface area (Å²) in [7, 11) is 0. The molecule has 0 unspecified atom stereocenters. The number of ether oxygens (including phenoxy) is 1. The van der Waals surface area contributed by atoms with Crippen molar-refractivity contribution in [3.8, 4) is 17.0 Å². The topological polar surface area (TPSA) is 67.9 Å². The van der Waals surface area contributed by atoms with Crippen LogP contribution in [0.25, 0.3) is 11.3 Å². The molecule has 0 spiro atoms. The lowest BCUT2D eigenvalue weighted by atomic mass is 10.2. The van der Waals surface area contributed by atoms with Crippen LogP contribution in [-0.4, -0.2) is 21.1 Å². The highest BCUT2D eigenvalue weighted by atomic mass is 19.4. The molecule has 0 saturated carbocycles. The number of alkyl halides is 3. The molecule has 0 radical (unpaired) electrons. The van der Waals surface area contributed by atoms with Gasteiger partial charge in [-0.2, -0.15) is 18.2 Å². The highest BCUT2D eigenvalue weighted by molar-refractivity contribution is 5.59. The van der Waals surface area contributed by atoms with Crippen LogP contribution < -0.4 is 10.4 Å². The smallest absolute Gasteiger partial charge is 0.431 e. The molecule has 112 valence electrons. The van der Waals surface area contributed by atoms with Crippen LogP contribution in [-0.2, 0) is 6.18 Å². The van der Waals surface area contributed by atoms with Crippen LogP contribution in [0, 0.1) is 0 Å². The van der Waals surface area contributed by atoms with Crippen molar-refractivity contribution < 1.29 is 17.9 Å². The Morgan fingerprint density at radius 1 is 1.24 bits per heavy atom. The molecule has 5 nitrogen and oxygen atoms in total. The maximum Gasteiger partial charge on any atom is 0.431 e. The molecule has 0 atom stereocenters. The fourth-order valence-electron chi connectivity index (χ4n) is 1.65. The van der Waals surface area contributed by atoms with Gasteiger partial charge in [-0.15, -0.1) is 0 Å². The molecule has 0 saturated heterocycles. The van der Waals surface area contributed by atoms with Gasteiger partial charge in [-0.05, 0) is 26.0 Å². The Morgan fingerprint density at radius 3 is 2.57 bits per heavy atom. The van der Waals surface area contributed by atoms with E-state index >= 15 is 0 Å². The minimum absolute atomic E-state index is 0.111. The Kier molecular flexibility index (Phi) is 3.97. The third-order valence-electron chi connectivity index (χ3n) is 2.43. The summed E-state index contributed by atoms with van der Waals surface area (Å²) in [5.41, 5.74) is -2.08. The number of aromatic amines is 1. The fourth-order valence-corrected chi connectivity index (χ4v) is 1.65. The minimum atomic E-state index is -4.66. The highest BCUT2D eigenvalue weighted by Gasteiger charge is 2.32. The summed E-state index contributed by atoms with van der Waals surface area (Å²) < 4.78 is 43.4. The van der Waals surface area contributed by atoms with Crippen molar-refractivity contribution >= 4 is 0 Å². The molecule has 21 heavy (non-hydrogen) atoms. The molecule has 2 aromatic rings. The normalized spacial score (nSPS) is 11.7. The molecule has 0 amide bonds. The summed E-state index contributed by atoms with van der Waals surface area (Å²) in [5, 5.41) is 0. The van der Waals surface area contributed by atoms with Crippen molar-refractivity contribution in [1.29, 1.82) is 0 Å². The molecule has 0 bridgehead atoms. The van der Waals surface area contributed by atoms with Crippen molar-refractivity contribution in [2.24, 2.45) is 0 Å². The Morgan fingerprint density at radius 2 is 1.95 bits per heavy atom. The first-order valence-electron chi connectivity index (χ1n) is 6.06. The molecule has 0 aliphatic heterocycles. The molecule has 0 aliphatic rings. The molecular formula is C13H12F3N3O2. The molecule has 0 aromatic carbocycles. The monoisotopic (exact) mass is 299 g/mol. The van der Waals surface area contributed by atoms with E-state index in [9.17, 15) is 18.0 Å². The lowest BCUT2D eigenvalue weighted by Crippen LogP contribution is -2.19. The van der Waals surface area contributed by atoms with E-state index in [0.29, 0.717) is 5.75 Å². The predicted octanol–water partition coefficient (Wildman–Crippen LogP) is 2.64. The van der Waals surface area contributed by atoms with Crippen LogP contribution >= 0.6 is 0 Å². The molecule has 8 heteroatoms. The number of nitrogens with one attached hydrogen (secondary N) is 1. The number of nitrogens with zero attached hydrogens (tertiary/aromatic N) is 2. The Hall–Kier alpha value is -2.38. The maximum atomic E-state index is 12.7. The number of aromatic nitrogens is 3. The first-order chi connectivity index (χ1) is 9.75. The van der Waals surface area contributed by atoms with Gasteiger partial charge >= 0.3 is 11.9 Å². The molecule has 2 aromatic heterocycles. The average molecular weight is 299 g/mol. The Balaban J connectivity index is 2.47. The van der Waals surface area contributed by atoms with Crippen LogP contribution in [0.3, 0.4) is 0 Å². The second-order valence-corrected chi connectivity index (χ2v) is 4.56. The maximum absolute atomic E-state index is 12.7. The highest BCUT2D eigenvalue weighted by Crippen LogP contribution is 2.29. The van der Waals surface area contributed by atoms with E-state index in [1.54, 1.807) is 18.8 Å². The summed E-state index contributed by atoms with van der Waals surface area (Å²) in [6.45, 7) is 3.61. The van der Waals surface area contributed by atoms with Gasteiger partial charge in [-0.3, -0.25) is 4.98 Å². The number of hydrogen-bond acceptors (Lipinski definition) is 4. The predicted molar refractivity (Wildman–Crippen MR) is 68.9 cm³/mol. The van der Waals surface area contributed by atoms with Crippen molar-refractivity contribution in [1.82, 2.24) is 15.0 Å². The zero-order chi connectivity index (χ0) is 15.6. The van der Waals surface area contributed by atoms with Crippen LogP contribution in [0.1, 0.15) is 19.5 Å². The summed E-state index contributed by atoms with van der Waals surface area (Å²) >= 11 is 0. The largest absolute Gasteiger partial charge is 0.489 e. The summed E-state index contributed by atoms with van der Waals surface area (Å²) in [4.78, 5) is 20.3. The first-order valence-corrected chi connectivity index (χ1v) is 6.06. The first kappa shape index (κ1) is 15.0. The third-order valence-corrected chi connectivity index (χ3v) is 2.43. The van der Waals surface area contributed by atoms with Crippen LogP contribution in [0.5, 0.6) is 5.75 Å². The zero-order valence-electron chi connectivity index (χ0n) is 11.2. The van der Waals surface area contributed by atoms with Gasteiger partial charge in [-0.1, -0.05) is 0 Å². The van der Waals surface area contributed by atoms with Crippen LogP contribution in [0.15, 0.2) is 29.3 Å². The zero-order valence-corrected chi connectivity index (χ0v) is 11.2. The van der Waals surface area contributed by atoms with Gasteiger partial charge in [0.05, 0.1) is 18.0 Å². The molecular weight excluding hydrogens is 287 g/mol. The van der Waals surface area contributed by atoms with Gasteiger partial charge in [0.2, 0.25) is 0 Å². The lowest BCUT2D eigenvalue weighted by molar-refractivity contribution is -0.141. The molecule has 2 heterocycles. The molecule has 2 rings (SSSR count). The van der Waals surface area contributed by atoms with Crippen molar-refractivity contribution in [2.75, 3.05) is 0 Å². The van der Waals surface area contributed by atoms with E-state index < -0.39 is 17.6 Å². The van der Waals surface area contributed by atoms with Gasteiger partial charge < -0.3 is 9.72 Å². The second-order valence-electron chi connectivity index (χ2n) is 4.56. The van der Waals surface area contributed by atoms with E-state index in [-0.39, 0.29) is 17.4 Å². The molecule has 0 aliphatic carbocycles. The quantitative estimate of drug-likeness (QED) is 0.946. The minimum Gasteiger partial charge on any atom is -0.489 e. The second kappa shape index (κ2) is 5.55. The Bertz CT molecular complexity index is 696. The van der Waals surface area contributed by atoms with E-state index in [1.807, 2.05) is 0 Å². The van der Waals surface area contributed by atoms with E-state index in [2.05, 4.69) is 9.97 Å². The number of halogens is 3. The lowest BCUT2D eigenvalue weighted by Gasteiger charge is -2.11. The number of H-pyrrole nitrogens is 1. The Labute approximate surface area is 117 Å². The molecule has 0 fully saturated rings. The fraction of sp³-hybridized carbons (Fsp3) is 0.308.